The lowest BCUT2D eigenvalue weighted by molar-refractivity contribution is 0.0777. The summed E-state index contributed by atoms with van der Waals surface area (Å²) in [6, 6.07) is 0. The summed E-state index contributed by atoms with van der Waals surface area (Å²) in [7, 11) is 0. The van der Waals surface area contributed by atoms with E-state index in [2.05, 4.69) is 10.2 Å². The lowest BCUT2D eigenvalue weighted by atomic mass is 10.1. The Hall–Kier alpha value is -0.550. The Morgan fingerprint density at radius 1 is 1.46 bits per heavy atom. The lowest BCUT2D eigenvalue weighted by Crippen LogP contribution is -2.18. The van der Waals surface area contributed by atoms with Gasteiger partial charge in [-0.25, -0.2) is 0 Å². The third kappa shape index (κ3) is 4.28. The number of hydrogen-bond donors (Lipinski definition) is 1. The van der Waals surface area contributed by atoms with Crippen molar-refractivity contribution in [1.29, 1.82) is 0 Å². The molecule has 0 aliphatic carbocycles. The fourth-order valence-electron chi connectivity index (χ4n) is 0.725. The molecule has 0 radical (unpaired) electrons. The van der Waals surface area contributed by atoms with E-state index in [0.717, 1.165) is 5.75 Å². The zero-order valence-electron chi connectivity index (χ0n) is 8.07. The topological polar surface area (TPSA) is 59.2 Å². The number of aromatic nitrogens is 2. The zero-order valence-corrected chi connectivity index (χ0v) is 8.89. The normalized spacial score (nSPS) is 12.0. The monoisotopic (exact) mass is 202 g/mol. The number of hydrogen-bond acceptors (Lipinski definition) is 5. The van der Waals surface area contributed by atoms with Crippen molar-refractivity contribution in [3.05, 3.63) is 5.89 Å². The van der Waals surface area contributed by atoms with Crippen LogP contribution >= 0.6 is 11.8 Å². The van der Waals surface area contributed by atoms with Gasteiger partial charge in [0.15, 0.2) is 0 Å². The van der Waals surface area contributed by atoms with Gasteiger partial charge in [-0.15, -0.1) is 10.2 Å². The van der Waals surface area contributed by atoms with Crippen LogP contribution in [0.5, 0.6) is 0 Å². The highest BCUT2D eigenvalue weighted by atomic mass is 32.2. The molecule has 1 aromatic heterocycles. The van der Waals surface area contributed by atoms with E-state index in [1.165, 1.54) is 11.8 Å². The number of nitrogens with zero attached hydrogens (tertiary/aromatic N) is 2. The molecule has 0 amide bonds. The number of thioether (sulfide) groups is 1. The highest BCUT2D eigenvalue weighted by Gasteiger charge is 2.13. The van der Waals surface area contributed by atoms with E-state index < -0.39 is 5.60 Å². The van der Waals surface area contributed by atoms with Crippen LogP contribution in [0.15, 0.2) is 9.64 Å². The maximum Gasteiger partial charge on any atom is 0.276 e. The van der Waals surface area contributed by atoms with Gasteiger partial charge in [-0.1, -0.05) is 11.8 Å². The maximum atomic E-state index is 9.42. The standard InChI is InChI=1S/C8H14N2O2S/c1-6-9-10-7(12-6)13-5-4-8(2,3)11/h11H,4-5H2,1-3H3. The zero-order chi connectivity index (χ0) is 9.90. The maximum absolute atomic E-state index is 9.42. The fourth-order valence-corrected chi connectivity index (χ4v) is 1.78. The molecule has 0 saturated heterocycles. The smallest absolute Gasteiger partial charge is 0.276 e. The van der Waals surface area contributed by atoms with Gasteiger partial charge >= 0.3 is 0 Å². The van der Waals surface area contributed by atoms with Crippen LogP contribution in [0, 0.1) is 6.92 Å². The van der Waals surface area contributed by atoms with Crippen molar-refractivity contribution in [1.82, 2.24) is 10.2 Å². The van der Waals surface area contributed by atoms with Gasteiger partial charge in [-0.05, 0) is 20.3 Å². The molecule has 1 N–H and O–H groups in total. The molecular weight excluding hydrogens is 188 g/mol. The van der Waals surface area contributed by atoms with Crippen molar-refractivity contribution in [3.8, 4) is 0 Å². The Morgan fingerprint density at radius 3 is 2.62 bits per heavy atom. The van der Waals surface area contributed by atoms with Gasteiger partial charge in [0.05, 0.1) is 5.60 Å². The molecule has 1 rings (SSSR count). The average Bonchev–Trinajstić information content (AvgIpc) is 2.33. The number of aliphatic hydroxyl groups is 1. The van der Waals surface area contributed by atoms with Gasteiger partial charge in [0, 0.05) is 12.7 Å². The minimum Gasteiger partial charge on any atom is -0.416 e. The third-order valence-corrected chi connectivity index (χ3v) is 2.27. The Bertz CT molecular complexity index is 267. The first-order valence-electron chi connectivity index (χ1n) is 4.13. The minimum absolute atomic E-state index is 0.571. The van der Waals surface area contributed by atoms with Crippen LogP contribution in [0.4, 0.5) is 0 Å². The molecule has 0 atom stereocenters. The quantitative estimate of drug-likeness (QED) is 0.752. The molecule has 0 spiro atoms. The highest BCUT2D eigenvalue weighted by Crippen LogP contribution is 2.19. The molecule has 13 heavy (non-hydrogen) atoms. The van der Waals surface area contributed by atoms with Gasteiger partial charge in [-0.2, -0.15) is 0 Å². The van der Waals surface area contributed by atoms with Crippen molar-refractivity contribution in [3.63, 3.8) is 0 Å². The SMILES string of the molecule is Cc1nnc(SCCC(C)(C)O)o1. The van der Waals surface area contributed by atoms with Crippen LogP contribution in [-0.4, -0.2) is 26.7 Å². The summed E-state index contributed by atoms with van der Waals surface area (Å²) in [5.41, 5.74) is -0.623. The molecule has 0 saturated carbocycles. The van der Waals surface area contributed by atoms with E-state index in [1.54, 1.807) is 20.8 Å². The Kier molecular flexibility index (Phi) is 3.33. The summed E-state index contributed by atoms with van der Waals surface area (Å²) in [5.74, 6) is 1.36. The van der Waals surface area contributed by atoms with E-state index in [4.69, 9.17) is 4.42 Å². The van der Waals surface area contributed by atoms with Crippen LogP contribution in [0.25, 0.3) is 0 Å². The molecule has 1 heterocycles. The second-order valence-electron chi connectivity index (χ2n) is 3.50. The van der Waals surface area contributed by atoms with Crippen LogP contribution in [0.2, 0.25) is 0 Å². The van der Waals surface area contributed by atoms with Crippen LogP contribution in [-0.2, 0) is 0 Å². The van der Waals surface area contributed by atoms with Gasteiger partial charge in [0.1, 0.15) is 0 Å². The minimum atomic E-state index is -0.623. The summed E-state index contributed by atoms with van der Waals surface area (Å²) in [4.78, 5) is 0. The number of aryl methyl sites for hydroxylation is 1. The van der Waals surface area contributed by atoms with E-state index in [1.807, 2.05) is 0 Å². The average molecular weight is 202 g/mol. The predicted octanol–water partition coefficient (Wildman–Crippen LogP) is 1.63. The molecule has 0 fully saturated rings. The summed E-state index contributed by atoms with van der Waals surface area (Å²) in [5, 5.41) is 17.5. The second kappa shape index (κ2) is 4.11. The van der Waals surface area contributed by atoms with Crippen molar-refractivity contribution in [2.45, 2.75) is 38.0 Å². The second-order valence-corrected chi connectivity index (χ2v) is 4.54. The largest absolute Gasteiger partial charge is 0.416 e. The van der Waals surface area contributed by atoms with Crippen LogP contribution in [0.3, 0.4) is 0 Å². The Balaban J connectivity index is 2.28. The molecular formula is C8H14N2O2S. The third-order valence-electron chi connectivity index (χ3n) is 1.45. The van der Waals surface area contributed by atoms with Crippen LogP contribution in [0.1, 0.15) is 26.2 Å². The summed E-state index contributed by atoms with van der Waals surface area (Å²) in [6.07, 6.45) is 0.707. The molecule has 0 bridgehead atoms. The first kappa shape index (κ1) is 10.5. The molecule has 0 aliphatic rings. The lowest BCUT2D eigenvalue weighted by Gasteiger charge is -2.15. The first-order valence-corrected chi connectivity index (χ1v) is 5.11. The van der Waals surface area contributed by atoms with E-state index in [9.17, 15) is 5.11 Å². The molecule has 74 valence electrons. The first-order chi connectivity index (χ1) is 5.97. The van der Waals surface area contributed by atoms with Gasteiger partial charge < -0.3 is 9.52 Å². The van der Waals surface area contributed by atoms with Crippen LogP contribution < -0.4 is 0 Å². The summed E-state index contributed by atoms with van der Waals surface area (Å²) >= 11 is 1.47. The molecule has 5 heteroatoms. The Morgan fingerprint density at radius 2 is 2.15 bits per heavy atom. The van der Waals surface area contributed by atoms with Gasteiger partial charge in [-0.3, -0.25) is 0 Å². The predicted molar refractivity (Wildman–Crippen MR) is 50.7 cm³/mol. The fraction of sp³-hybridized carbons (Fsp3) is 0.750. The van der Waals surface area contributed by atoms with Crippen molar-refractivity contribution >= 4 is 11.8 Å². The Labute approximate surface area is 81.7 Å². The molecule has 0 aliphatic heterocycles. The van der Waals surface area contributed by atoms with Crippen molar-refractivity contribution < 1.29 is 9.52 Å². The highest BCUT2D eigenvalue weighted by molar-refractivity contribution is 7.99. The number of rotatable bonds is 4. The van der Waals surface area contributed by atoms with Crippen molar-refractivity contribution in [2.75, 3.05) is 5.75 Å². The van der Waals surface area contributed by atoms with Gasteiger partial charge in [0.2, 0.25) is 5.89 Å². The molecule has 1 aromatic rings. The van der Waals surface area contributed by atoms with E-state index in [0.29, 0.717) is 17.5 Å². The van der Waals surface area contributed by atoms with Gasteiger partial charge in [0.25, 0.3) is 5.22 Å². The van der Waals surface area contributed by atoms with E-state index in [-0.39, 0.29) is 0 Å². The van der Waals surface area contributed by atoms with Crippen molar-refractivity contribution in [2.24, 2.45) is 0 Å². The van der Waals surface area contributed by atoms with E-state index >= 15 is 0 Å². The molecule has 0 unspecified atom stereocenters. The molecule has 4 nitrogen and oxygen atoms in total. The molecule has 0 aromatic carbocycles. The summed E-state index contributed by atoms with van der Waals surface area (Å²) < 4.78 is 5.16. The summed E-state index contributed by atoms with van der Waals surface area (Å²) in [6.45, 7) is 5.33.